The highest BCUT2D eigenvalue weighted by atomic mass is 16.5. The average Bonchev–Trinajstić information content (AvgIpc) is 2.62. The van der Waals surface area contributed by atoms with Gasteiger partial charge < -0.3 is 14.8 Å². The SMILES string of the molecule is COc1ccc(N(CC(=O)Nc2c(C)cccc2C)C(C)=O)c(OC)c1. The number of anilines is 2. The van der Waals surface area contributed by atoms with Crippen LogP contribution >= 0.6 is 0 Å². The molecular weight excluding hydrogens is 332 g/mol. The topological polar surface area (TPSA) is 67.9 Å². The van der Waals surface area contributed by atoms with Gasteiger partial charge in [-0.05, 0) is 37.1 Å². The van der Waals surface area contributed by atoms with E-state index in [9.17, 15) is 9.59 Å². The molecule has 2 amide bonds. The number of hydrogen-bond acceptors (Lipinski definition) is 4. The first-order chi connectivity index (χ1) is 12.4. The van der Waals surface area contributed by atoms with Crippen molar-refractivity contribution in [3.05, 3.63) is 47.5 Å². The fourth-order valence-electron chi connectivity index (χ4n) is 2.71. The summed E-state index contributed by atoms with van der Waals surface area (Å²) in [7, 11) is 3.06. The zero-order valence-electron chi connectivity index (χ0n) is 15.8. The largest absolute Gasteiger partial charge is 0.497 e. The van der Waals surface area contributed by atoms with E-state index in [1.54, 1.807) is 25.3 Å². The van der Waals surface area contributed by atoms with E-state index in [-0.39, 0.29) is 18.4 Å². The number of hydrogen-bond donors (Lipinski definition) is 1. The second-order valence-electron chi connectivity index (χ2n) is 5.96. The summed E-state index contributed by atoms with van der Waals surface area (Å²) >= 11 is 0. The van der Waals surface area contributed by atoms with E-state index >= 15 is 0 Å². The number of para-hydroxylation sites is 1. The minimum absolute atomic E-state index is 0.119. The highest BCUT2D eigenvalue weighted by Crippen LogP contribution is 2.32. The third kappa shape index (κ3) is 4.33. The van der Waals surface area contributed by atoms with Crippen LogP contribution in [-0.4, -0.2) is 32.6 Å². The Balaban J connectivity index is 2.26. The predicted molar refractivity (Wildman–Crippen MR) is 102 cm³/mol. The van der Waals surface area contributed by atoms with Crippen molar-refractivity contribution in [1.29, 1.82) is 0 Å². The van der Waals surface area contributed by atoms with Gasteiger partial charge in [0.25, 0.3) is 0 Å². The number of ether oxygens (including phenoxy) is 2. The number of carbonyl (C=O) groups is 2. The second-order valence-corrected chi connectivity index (χ2v) is 5.96. The van der Waals surface area contributed by atoms with Crippen molar-refractivity contribution in [2.24, 2.45) is 0 Å². The monoisotopic (exact) mass is 356 g/mol. The zero-order valence-corrected chi connectivity index (χ0v) is 15.8. The Hall–Kier alpha value is -3.02. The van der Waals surface area contributed by atoms with Crippen molar-refractivity contribution in [3.8, 4) is 11.5 Å². The first-order valence-corrected chi connectivity index (χ1v) is 8.23. The van der Waals surface area contributed by atoms with Crippen molar-refractivity contribution in [3.63, 3.8) is 0 Å². The van der Waals surface area contributed by atoms with Crippen molar-refractivity contribution in [1.82, 2.24) is 0 Å². The van der Waals surface area contributed by atoms with Gasteiger partial charge in [-0.2, -0.15) is 0 Å². The molecule has 1 N–H and O–H groups in total. The standard InChI is InChI=1S/C20H24N2O4/c1-13-7-6-8-14(2)20(13)21-19(24)12-22(15(3)23)17-10-9-16(25-4)11-18(17)26-5/h6-11H,12H2,1-5H3,(H,21,24). The number of nitrogens with one attached hydrogen (secondary N) is 1. The van der Waals surface area contributed by atoms with Crippen molar-refractivity contribution < 1.29 is 19.1 Å². The minimum atomic E-state index is -0.282. The Morgan fingerprint density at radius 1 is 1.04 bits per heavy atom. The molecule has 2 aromatic carbocycles. The number of carbonyl (C=O) groups excluding carboxylic acids is 2. The molecule has 138 valence electrons. The Morgan fingerprint density at radius 2 is 1.69 bits per heavy atom. The number of methoxy groups -OCH3 is 2. The maximum absolute atomic E-state index is 12.6. The highest BCUT2D eigenvalue weighted by Gasteiger charge is 2.20. The van der Waals surface area contributed by atoms with Crippen LogP contribution in [-0.2, 0) is 9.59 Å². The Morgan fingerprint density at radius 3 is 2.23 bits per heavy atom. The Bertz CT molecular complexity index is 797. The summed E-state index contributed by atoms with van der Waals surface area (Å²) in [5.41, 5.74) is 3.21. The molecule has 0 radical (unpaired) electrons. The lowest BCUT2D eigenvalue weighted by molar-refractivity contribution is -0.120. The number of benzene rings is 2. The maximum atomic E-state index is 12.6. The summed E-state index contributed by atoms with van der Waals surface area (Å²) in [4.78, 5) is 26.1. The lowest BCUT2D eigenvalue weighted by atomic mass is 10.1. The van der Waals surface area contributed by atoms with E-state index in [0.717, 1.165) is 16.8 Å². The zero-order chi connectivity index (χ0) is 19.3. The van der Waals surface area contributed by atoms with Crippen LogP contribution < -0.4 is 19.7 Å². The first-order valence-electron chi connectivity index (χ1n) is 8.23. The molecule has 0 spiro atoms. The molecule has 0 aliphatic carbocycles. The van der Waals surface area contributed by atoms with Crippen LogP contribution in [0.25, 0.3) is 0 Å². The van der Waals surface area contributed by atoms with Gasteiger partial charge in [0.1, 0.15) is 18.0 Å². The Kier molecular flexibility index (Phi) is 6.22. The van der Waals surface area contributed by atoms with Gasteiger partial charge in [-0.15, -0.1) is 0 Å². The van der Waals surface area contributed by atoms with Crippen LogP contribution in [0.2, 0.25) is 0 Å². The Labute approximate surface area is 153 Å². The highest BCUT2D eigenvalue weighted by molar-refractivity contribution is 6.03. The molecule has 0 saturated heterocycles. The third-order valence-corrected chi connectivity index (χ3v) is 4.11. The molecule has 0 aliphatic heterocycles. The third-order valence-electron chi connectivity index (χ3n) is 4.11. The number of aryl methyl sites for hydroxylation is 2. The molecule has 0 unspecified atom stereocenters. The fourth-order valence-corrected chi connectivity index (χ4v) is 2.71. The molecule has 0 aliphatic rings. The van der Waals surface area contributed by atoms with Gasteiger partial charge in [0.2, 0.25) is 11.8 Å². The van der Waals surface area contributed by atoms with Gasteiger partial charge in [-0.3, -0.25) is 14.5 Å². The molecular formula is C20H24N2O4. The molecule has 6 heteroatoms. The van der Waals surface area contributed by atoms with Gasteiger partial charge >= 0.3 is 0 Å². The molecule has 26 heavy (non-hydrogen) atoms. The van der Waals surface area contributed by atoms with E-state index in [1.165, 1.54) is 18.9 Å². The van der Waals surface area contributed by atoms with Gasteiger partial charge in [-0.25, -0.2) is 0 Å². The molecule has 0 fully saturated rings. The van der Waals surface area contributed by atoms with Crippen molar-refractivity contribution >= 4 is 23.2 Å². The minimum Gasteiger partial charge on any atom is -0.497 e. The summed E-state index contributed by atoms with van der Waals surface area (Å²) in [6.07, 6.45) is 0. The van der Waals surface area contributed by atoms with Crippen LogP contribution in [0, 0.1) is 13.8 Å². The van der Waals surface area contributed by atoms with E-state index in [0.29, 0.717) is 17.2 Å². The summed E-state index contributed by atoms with van der Waals surface area (Å²) in [6.45, 7) is 5.15. The molecule has 0 saturated carbocycles. The number of amides is 2. The molecule has 6 nitrogen and oxygen atoms in total. The van der Waals surface area contributed by atoms with E-state index in [1.807, 2.05) is 32.0 Å². The van der Waals surface area contributed by atoms with Gasteiger partial charge in [-0.1, -0.05) is 18.2 Å². The fraction of sp³-hybridized carbons (Fsp3) is 0.300. The number of nitrogens with zero attached hydrogens (tertiary/aromatic N) is 1. The molecule has 2 rings (SSSR count). The summed E-state index contributed by atoms with van der Waals surface area (Å²) < 4.78 is 10.5. The van der Waals surface area contributed by atoms with Crippen LogP contribution in [0.3, 0.4) is 0 Å². The van der Waals surface area contributed by atoms with Gasteiger partial charge in [0.15, 0.2) is 0 Å². The lowest BCUT2D eigenvalue weighted by Gasteiger charge is -2.23. The van der Waals surface area contributed by atoms with E-state index in [2.05, 4.69) is 5.32 Å². The summed E-state index contributed by atoms with van der Waals surface area (Å²) in [6, 6.07) is 10.9. The van der Waals surface area contributed by atoms with Crippen molar-refractivity contribution in [2.75, 3.05) is 31.0 Å². The van der Waals surface area contributed by atoms with E-state index < -0.39 is 0 Å². The predicted octanol–water partition coefficient (Wildman–Crippen LogP) is 3.31. The van der Waals surface area contributed by atoms with Crippen LogP contribution in [0.15, 0.2) is 36.4 Å². The average molecular weight is 356 g/mol. The normalized spacial score (nSPS) is 10.2. The lowest BCUT2D eigenvalue weighted by Crippen LogP contribution is -2.37. The second kappa shape index (κ2) is 8.38. The summed E-state index contributed by atoms with van der Waals surface area (Å²) in [5.74, 6) is 0.522. The summed E-state index contributed by atoms with van der Waals surface area (Å²) in [5, 5.41) is 2.90. The number of rotatable bonds is 6. The first kappa shape index (κ1) is 19.3. The smallest absolute Gasteiger partial charge is 0.244 e. The van der Waals surface area contributed by atoms with Crippen LogP contribution in [0.1, 0.15) is 18.1 Å². The molecule has 0 bridgehead atoms. The van der Waals surface area contributed by atoms with Crippen molar-refractivity contribution in [2.45, 2.75) is 20.8 Å². The molecule has 0 heterocycles. The van der Waals surface area contributed by atoms with Gasteiger partial charge in [0, 0.05) is 18.7 Å². The maximum Gasteiger partial charge on any atom is 0.244 e. The van der Waals surface area contributed by atoms with Gasteiger partial charge in [0.05, 0.1) is 19.9 Å². The van der Waals surface area contributed by atoms with Crippen LogP contribution in [0.5, 0.6) is 11.5 Å². The van der Waals surface area contributed by atoms with Crippen LogP contribution in [0.4, 0.5) is 11.4 Å². The molecule has 0 aromatic heterocycles. The molecule has 0 atom stereocenters. The van der Waals surface area contributed by atoms with E-state index in [4.69, 9.17) is 9.47 Å². The quantitative estimate of drug-likeness (QED) is 0.862. The molecule has 2 aromatic rings.